The summed E-state index contributed by atoms with van der Waals surface area (Å²) in [5.74, 6) is -0.734. The summed E-state index contributed by atoms with van der Waals surface area (Å²) in [7, 11) is 0. The second-order valence-electron chi connectivity index (χ2n) is 12.0. The Labute approximate surface area is 232 Å². The van der Waals surface area contributed by atoms with Crippen molar-refractivity contribution in [2.75, 3.05) is 36.4 Å². The molecule has 8 nitrogen and oxygen atoms in total. The highest BCUT2D eigenvalue weighted by molar-refractivity contribution is 6.29. The molecule has 1 aromatic rings. The van der Waals surface area contributed by atoms with Gasteiger partial charge in [-0.3, -0.25) is 14.7 Å². The molecular weight excluding hydrogens is 498 g/mol. The molecule has 1 saturated carbocycles. The van der Waals surface area contributed by atoms with E-state index in [0.717, 1.165) is 73.8 Å². The largest absolute Gasteiger partial charge is 0.386 e. The first-order valence-electron chi connectivity index (χ1n) is 14.8. The molecule has 9 heteroatoms. The number of nitrogens with one attached hydrogen (secondary N) is 2. The minimum atomic E-state index is -0.797. The molecule has 4 heterocycles. The summed E-state index contributed by atoms with van der Waals surface area (Å²) in [4.78, 5) is 23.8. The van der Waals surface area contributed by atoms with E-state index in [1.54, 1.807) is 0 Å². The van der Waals surface area contributed by atoms with Crippen molar-refractivity contribution in [3.8, 4) is 0 Å². The van der Waals surface area contributed by atoms with Crippen LogP contribution in [0.25, 0.3) is 0 Å². The highest BCUT2D eigenvalue weighted by Gasteiger charge is 2.42. The van der Waals surface area contributed by atoms with E-state index in [9.17, 15) is 4.79 Å². The fourth-order valence-corrected chi connectivity index (χ4v) is 7.61. The molecule has 38 heavy (non-hydrogen) atoms. The zero-order valence-corrected chi connectivity index (χ0v) is 23.7. The normalized spacial score (nSPS) is 27.8. The number of piperazine rings is 1. The van der Waals surface area contributed by atoms with E-state index >= 15 is 0 Å². The number of hydrogen-bond acceptors (Lipinski definition) is 7. The third-order valence-electron chi connectivity index (χ3n) is 9.49. The van der Waals surface area contributed by atoms with Crippen molar-refractivity contribution in [1.29, 1.82) is 0 Å². The van der Waals surface area contributed by atoms with Crippen molar-refractivity contribution in [2.24, 2.45) is 22.8 Å². The standard InChI is InChI=1S/C29H46ClN7O/c1-2-6-22-26(24(9-13-33-22)37-16-15-36-14-5-7-21(36)19-37)35-28(38)25(27(31)32)23-17-29(10-3-4-11-29)12-8-20(30)18-34-23/h9,13,18,21,23,25,27,34H,2-8,10-12,14-17,19,31-32H2,1H3,(H,35,38)/b20-18+/t21-,23?,25?/m0/s1. The number of amides is 1. The zero-order chi connectivity index (χ0) is 26.7. The fourth-order valence-electron chi connectivity index (χ4n) is 7.45. The van der Waals surface area contributed by atoms with E-state index in [1.807, 2.05) is 12.4 Å². The summed E-state index contributed by atoms with van der Waals surface area (Å²) in [6.07, 6.45) is 14.8. The predicted molar refractivity (Wildman–Crippen MR) is 155 cm³/mol. The second kappa shape index (κ2) is 12.1. The number of pyridine rings is 1. The number of aryl methyl sites for hydroxylation is 1. The van der Waals surface area contributed by atoms with E-state index in [0.29, 0.717) is 6.04 Å². The summed E-state index contributed by atoms with van der Waals surface area (Å²) < 4.78 is 0. The Kier molecular flexibility index (Phi) is 8.82. The zero-order valence-electron chi connectivity index (χ0n) is 22.9. The van der Waals surface area contributed by atoms with Gasteiger partial charge in [-0.15, -0.1) is 0 Å². The van der Waals surface area contributed by atoms with Crippen molar-refractivity contribution >= 4 is 28.9 Å². The number of aromatic nitrogens is 1. The van der Waals surface area contributed by atoms with Crippen molar-refractivity contribution in [3.05, 3.63) is 29.2 Å². The maximum atomic E-state index is 14.1. The van der Waals surface area contributed by atoms with Crippen molar-refractivity contribution < 1.29 is 4.79 Å². The van der Waals surface area contributed by atoms with Gasteiger partial charge in [-0.2, -0.15) is 0 Å². The molecule has 2 unspecified atom stereocenters. The molecule has 3 aliphatic heterocycles. The van der Waals surface area contributed by atoms with Crippen molar-refractivity contribution in [3.63, 3.8) is 0 Å². The quantitative estimate of drug-likeness (QED) is 0.386. The summed E-state index contributed by atoms with van der Waals surface area (Å²) in [5.41, 5.74) is 15.7. The van der Waals surface area contributed by atoms with Gasteiger partial charge in [-0.05, 0) is 69.4 Å². The Balaban J connectivity index is 1.42. The number of halogens is 1. The SMILES string of the molecule is CCCc1nccc(N2CCN3CCC[C@H]3C2)c1NC(=O)C(C(N)N)C1CC2(CCCC2)CC/C(Cl)=C\N1. The van der Waals surface area contributed by atoms with Gasteiger partial charge >= 0.3 is 0 Å². The molecule has 210 valence electrons. The topological polar surface area (TPSA) is 113 Å². The lowest BCUT2D eigenvalue weighted by Crippen LogP contribution is -2.55. The number of rotatable bonds is 7. The Morgan fingerprint density at radius 2 is 2.05 bits per heavy atom. The first-order valence-corrected chi connectivity index (χ1v) is 15.2. The van der Waals surface area contributed by atoms with Gasteiger partial charge in [0, 0.05) is 49.1 Å². The van der Waals surface area contributed by atoms with Gasteiger partial charge < -0.3 is 27.0 Å². The van der Waals surface area contributed by atoms with Crippen LogP contribution in [0.3, 0.4) is 0 Å². The van der Waals surface area contributed by atoms with Crippen LogP contribution in [0.5, 0.6) is 0 Å². The molecule has 5 rings (SSSR count). The number of carbonyl (C=O) groups excluding carboxylic acids is 1. The number of allylic oxidation sites excluding steroid dienone is 1. The molecule has 3 atom stereocenters. The maximum Gasteiger partial charge on any atom is 0.232 e. The molecule has 2 saturated heterocycles. The Bertz CT molecular complexity index is 1010. The van der Waals surface area contributed by atoms with Gasteiger partial charge in [0.25, 0.3) is 0 Å². The number of nitrogens with two attached hydrogens (primary N) is 2. The summed E-state index contributed by atoms with van der Waals surface area (Å²) in [6.45, 7) is 6.33. The number of carbonyl (C=O) groups is 1. The molecule has 1 aliphatic carbocycles. The van der Waals surface area contributed by atoms with Gasteiger partial charge in [0.1, 0.15) is 0 Å². The van der Waals surface area contributed by atoms with Crippen molar-refractivity contribution in [1.82, 2.24) is 15.2 Å². The smallest absolute Gasteiger partial charge is 0.232 e. The molecule has 0 radical (unpaired) electrons. The average Bonchev–Trinajstić information content (AvgIpc) is 3.56. The van der Waals surface area contributed by atoms with Crippen LogP contribution in [0.4, 0.5) is 11.4 Å². The Morgan fingerprint density at radius 1 is 1.24 bits per heavy atom. The third kappa shape index (κ3) is 5.98. The second-order valence-corrected chi connectivity index (χ2v) is 12.5. The van der Waals surface area contributed by atoms with Gasteiger partial charge in [0.15, 0.2) is 0 Å². The van der Waals surface area contributed by atoms with Crippen LogP contribution in [-0.4, -0.2) is 60.2 Å². The summed E-state index contributed by atoms with van der Waals surface area (Å²) in [5, 5.41) is 7.59. The first-order chi connectivity index (χ1) is 18.4. The third-order valence-corrected chi connectivity index (χ3v) is 9.78. The molecule has 1 spiro atoms. The molecule has 1 aromatic heterocycles. The van der Waals surface area contributed by atoms with E-state index < -0.39 is 12.1 Å². The number of anilines is 2. The number of nitrogens with zero attached hydrogens (tertiary/aromatic N) is 3. The monoisotopic (exact) mass is 543 g/mol. The molecular formula is C29H46ClN7O. The lowest BCUT2D eigenvalue weighted by molar-refractivity contribution is -0.121. The van der Waals surface area contributed by atoms with E-state index in [2.05, 4.69) is 33.4 Å². The minimum absolute atomic E-state index is 0.137. The fraction of sp³-hybridized carbons (Fsp3) is 0.724. The lowest BCUT2D eigenvalue weighted by Gasteiger charge is -2.40. The van der Waals surface area contributed by atoms with Gasteiger partial charge in [-0.1, -0.05) is 37.8 Å². The highest BCUT2D eigenvalue weighted by Crippen LogP contribution is 2.48. The minimum Gasteiger partial charge on any atom is -0.386 e. The number of hydrogen-bond donors (Lipinski definition) is 4. The molecule has 4 aliphatic rings. The van der Waals surface area contributed by atoms with Gasteiger partial charge in [0.2, 0.25) is 5.91 Å². The average molecular weight is 544 g/mol. The Morgan fingerprint density at radius 3 is 2.82 bits per heavy atom. The van der Waals surface area contributed by atoms with Crippen LogP contribution in [0, 0.1) is 11.3 Å². The van der Waals surface area contributed by atoms with Crippen molar-refractivity contribution in [2.45, 2.75) is 95.8 Å². The maximum absolute atomic E-state index is 14.1. The summed E-state index contributed by atoms with van der Waals surface area (Å²) >= 11 is 6.53. The van der Waals surface area contributed by atoms with Gasteiger partial charge in [-0.25, -0.2) is 0 Å². The van der Waals surface area contributed by atoms with E-state index in [4.69, 9.17) is 28.1 Å². The van der Waals surface area contributed by atoms with Crippen LogP contribution in [-0.2, 0) is 11.2 Å². The highest BCUT2D eigenvalue weighted by atomic mass is 35.5. The van der Waals surface area contributed by atoms with Crippen LogP contribution in [0.15, 0.2) is 23.5 Å². The van der Waals surface area contributed by atoms with E-state index in [-0.39, 0.29) is 17.4 Å². The molecule has 0 aromatic carbocycles. The lowest BCUT2D eigenvalue weighted by atomic mass is 9.72. The molecule has 0 bridgehead atoms. The van der Waals surface area contributed by atoms with Crippen LogP contribution in [0.2, 0.25) is 0 Å². The van der Waals surface area contributed by atoms with E-state index in [1.165, 1.54) is 45.1 Å². The predicted octanol–water partition coefficient (Wildman–Crippen LogP) is 3.90. The summed E-state index contributed by atoms with van der Waals surface area (Å²) in [6, 6.07) is 2.46. The van der Waals surface area contributed by atoms with Crippen LogP contribution >= 0.6 is 11.6 Å². The van der Waals surface area contributed by atoms with Crippen LogP contribution in [0.1, 0.15) is 76.8 Å². The molecule has 3 fully saturated rings. The molecule has 1 amide bonds. The van der Waals surface area contributed by atoms with Crippen LogP contribution < -0.4 is 27.0 Å². The Hall–Kier alpha value is -1.87. The van der Waals surface area contributed by atoms with Gasteiger partial charge in [0.05, 0.1) is 29.2 Å². The molecule has 6 N–H and O–H groups in total. The number of fused-ring (bicyclic) bond motifs is 1. The first kappa shape index (κ1) is 27.7.